The summed E-state index contributed by atoms with van der Waals surface area (Å²) in [6, 6.07) is 7.29. The molecule has 0 saturated heterocycles. The summed E-state index contributed by atoms with van der Waals surface area (Å²) in [5.41, 5.74) is 2.90. The van der Waals surface area contributed by atoms with E-state index in [0.29, 0.717) is 18.7 Å². The van der Waals surface area contributed by atoms with Crippen LogP contribution >= 0.6 is 28.4 Å². The van der Waals surface area contributed by atoms with Crippen LogP contribution in [0.4, 0.5) is 0 Å². The molecule has 2 rings (SSSR count). The highest BCUT2D eigenvalue weighted by atomic mass is 127. The van der Waals surface area contributed by atoms with Crippen LogP contribution in [0.1, 0.15) is 23.1 Å². The Hall–Kier alpha value is -1.01. The maximum atomic E-state index is 11.7. The van der Waals surface area contributed by atoms with E-state index in [2.05, 4.69) is 32.1 Å². The van der Waals surface area contributed by atoms with Gasteiger partial charge < -0.3 is 4.74 Å². The second-order valence-electron chi connectivity index (χ2n) is 3.80. The lowest BCUT2D eigenvalue weighted by Gasteiger charge is -2.05. The van der Waals surface area contributed by atoms with Crippen LogP contribution < -0.4 is 0 Å². The summed E-state index contributed by atoms with van der Waals surface area (Å²) < 4.78 is 6.84. The molecule has 1 unspecified atom stereocenters. The highest BCUT2D eigenvalue weighted by molar-refractivity contribution is 14.2. The average molecular weight is 389 g/mol. The fraction of sp³-hybridized carbons (Fsp3) is 0.250. The minimum atomic E-state index is -0.399. The first-order valence-electron chi connectivity index (χ1n) is 5.73. The van der Waals surface area contributed by atoms with Crippen LogP contribution in [0, 0.1) is 6.92 Å². The Morgan fingerprint density at radius 1 is 1.53 bits per heavy atom. The molecule has 0 aliphatic rings. The Kier molecular flexibility index (Phi) is 4.87. The van der Waals surface area contributed by atoms with Crippen molar-refractivity contribution in [3.63, 3.8) is 0 Å². The summed E-state index contributed by atoms with van der Waals surface area (Å²) in [6.07, 6.45) is 0.486. The molecule has 0 N–H and O–H groups in total. The van der Waals surface area contributed by atoms with Gasteiger partial charge in [0.15, 0.2) is 0 Å². The van der Waals surface area contributed by atoms with Gasteiger partial charge in [-0.15, -0.1) is 0 Å². The summed E-state index contributed by atoms with van der Waals surface area (Å²) in [4.78, 5) is 16.0. The van der Waals surface area contributed by atoms with E-state index in [0.717, 1.165) is 17.1 Å². The Balaban J connectivity index is 2.40. The quantitative estimate of drug-likeness (QED) is 0.458. The molecule has 2 heterocycles. The Bertz CT molecular complexity index is 600. The van der Waals surface area contributed by atoms with Crippen molar-refractivity contribution in [3.8, 4) is 11.4 Å². The third-order valence-electron chi connectivity index (χ3n) is 2.41. The van der Waals surface area contributed by atoms with Gasteiger partial charge in [0.05, 0.1) is 30.1 Å². The minimum Gasteiger partial charge on any atom is -0.461 e. The fourth-order valence-corrected chi connectivity index (χ4v) is 3.21. The third-order valence-corrected chi connectivity index (χ3v) is 4.28. The smallest absolute Gasteiger partial charge is 0.356 e. The molecule has 0 fully saturated rings. The van der Waals surface area contributed by atoms with Gasteiger partial charge in [-0.25, -0.2) is 14.2 Å². The van der Waals surface area contributed by atoms with Crippen molar-refractivity contribution >= 4 is 34.4 Å². The normalized spacial score (nSPS) is 11.1. The minimum absolute atomic E-state index is 0.321. The zero-order valence-corrected chi connectivity index (χ0v) is 13.7. The first-order chi connectivity index (χ1) is 9.15. The topological polar surface area (TPSA) is 57.0 Å². The largest absolute Gasteiger partial charge is 0.461 e. The van der Waals surface area contributed by atoms with Crippen LogP contribution in [0.25, 0.3) is 11.4 Å². The molecule has 19 heavy (non-hydrogen) atoms. The predicted octanol–water partition coefficient (Wildman–Crippen LogP) is 3.22. The molecule has 0 spiro atoms. The van der Waals surface area contributed by atoms with E-state index in [4.69, 9.17) is 4.74 Å². The first-order valence-corrected chi connectivity index (χ1v) is 9.79. The van der Waals surface area contributed by atoms with Gasteiger partial charge >= 0.3 is 5.97 Å². The van der Waals surface area contributed by atoms with E-state index in [1.54, 1.807) is 19.1 Å². The molecule has 0 radical (unpaired) electrons. The standard InChI is InChI=1S/C12H13IN3O2P/c1-3-18-12(17)10-6-4-5-9(14-10)11-7-8(2)15-16(11)19-13/h4-7,19H,3H2,1-2H3. The van der Waals surface area contributed by atoms with Gasteiger partial charge in [-0.3, -0.25) is 0 Å². The van der Waals surface area contributed by atoms with Crippen molar-refractivity contribution in [3.05, 3.63) is 35.7 Å². The fourth-order valence-electron chi connectivity index (χ4n) is 1.64. The van der Waals surface area contributed by atoms with E-state index in [-0.39, 0.29) is 0 Å². The number of hydrogen-bond acceptors (Lipinski definition) is 4. The summed E-state index contributed by atoms with van der Waals surface area (Å²) in [7, 11) is 0. The number of carbonyl (C=O) groups excluding carboxylic acids is 1. The van der Waals surface area contributed by atoms with E-state index in [1.165, 1.54) is 0 Å². The highest BCUT2D eigenvalue weighted by Gasteiger charge is 2.13. The zero-order valence-electron chi connectivity index (χ0n) is 10.6. The molecule has 1 atom stereocenters. The van der Waals surface area contributed by atoms with Gasteiger partial charge in [-0.1, -0.05) is 6.07 Å². The number of ether oxygens (including phenoxy) is 1. The molecule has 0 saturated carbocycles. The molecule has 0 amide bonds. The molecule has 0 bridgehead atoms. The van der Waals surface area contributed by atoms with Crippen LogP contribution in [0.3, 0.4) is 0 Å². The number of aromatic nitrogens is 3. The van der Waals surface area contributed by atoms with Crippen LogP contribution in [-0.4, -0.2) is 27.1 Å². The Morgan fingerprint density at radius 3 is 3.00 bits per heavy atom. The van der Waals surface area contributed by atoms with Crippen molar-refractivity contribution in [1.82, 2.24) is 14.5 Å². The van der Waals surface area contributed by atoms with Crippen molar-refractivity contribution in [2.75, 3.05) is 6.61 Å². The van der Waals surface area contributed by atoms with Gasteiger partial charge in [0.25, 0.3) is 0 Å². The number of carbonyl (C=O) groups is 1. The molecule has 2 aromatic heterocycles. The van der Waals surface area contributed by atoms with E-state index in [9.17, 15) is 4.79 Å². The van der Waals surface area contributed by atoms with Crippen molar-refractivity contribution in [2.24, 2.45) is 0 Å². The molecular formula is C12H13IN3O2P. The van der Waals surface area contributed by atoms with Crippen molar-refractivity contribution < 1.29 is 9.53 Å². The number of pyridine rings is 1. The molecule has 0 aliphatic carbocycles. The summed E-state index contributed by atoms with van der Waals surface area (Å²) in [6.45, 7) is 4.06. The van der Waals surface area contributed by atoms with Crippen molar-refractivity contribution in [2.45, 2.75) is 13.8 Å². The lowest BCUT2D eigenvalue weighted by atomic mass is 10.2. The summed E-state index contributed by atoms with van der Waals surface area (Å²) in [5.74, 6) is -0.399. The molecule has 0 aromatic carbocycles. The maximum Gasteiger partial charge on any atom is 0.356 e. The zero-order chi connectivity index (χ0) is 13.8. The number of halogens is 1. The summed E-state index contributed by atoms with van der Waals surface area (Å²) in [5, 5.41) is 4.38. The average Bonchev–Trinajstić information content (AvgIpc) is 2.80. The first kappa shape index (κ1) is 14.4. The van der Waals surface area contributed by atoms with Crippen molar-refractivity contribution in [1.29, 1.82) is 0 Å². The highest BCUT2D eigenvalue weighted by Crippen LogP contribution is 2.30. The van der Waals surface area contributed by atoms with Gasteiger partial charge in [-0.05, 0) is 54.1 Å². The molecule has 0 aliphatic heterocycles. The lowest BCUT2D eigenvalue weighted by molar-refractivity contribution is 0.0519. The van der Waals surface area contributed by atoms with Crippen LogP contribution in [0.5, 0.6) is 0 Å². The van der Waals surface area contributed by atoms with E-state index < -0.39 is 5.97 Å². The van der Waals surface area contributed by atoms with E-state index >= 15 is 0 Å². The van der Waals surface area contributed by atoms with Gasteiger partial charge in [-0.2, -0.15) is 5.10 Å². The van der Waals surface area contributed by atoms with Crippen LogP contribution in [0.15, 0.2) is 24.3 Å². The van der Waals surface area contributed by atoms with E-state index in [1.807, 2.05) is 23.5 Å². The predicted molar refractivity (Wildman–Crippen MR) is 83.9 cm³/mol. The van der Waals surface area contributed by atoms with Gasteiger partial charge in [0.1, 0.15) is 5.69 Å². The van der Waals surface area contributed by atoms with Crippen LogP contribution in [-0.2, 0) is 4.74 Å². The number of rotatable bonds is 4. The number of esters is 1. The molecule has 5 nitrogen and oxygen atoms in total. The molecule has 100 valence electrons. The lowest BCUT2D eigenvalue weighted by Crippen LogP contribution is -2.07. The Labute approximate surface area is 126 Å². The van der Waals surface area contributed by atoms with Gasteiger partial charge in [0.2, 0.25) is 0 Å². The second kappa shape index (κ2) is 6.43. The number of hydrogen-bond donors (Lipinski definition) is 0. The number of nitrogens with zero attached hydrogens (tertiary/aromatic N) is 3. The molecule has 7 heteroatoms. The SMILES string of the molecule is CCOC(=O)c1cccc(-c2cc(C)nn2PI)n1. The Morgan fingerprint density at radius 2 is 2.32 bits per heavy atom. The van der Waals surface area contributed by atoms with Gasteiger partial charge in [0, 0.05) is 0 Å². The molecule has 2 aromatic rings. The third kappa shape index (κ3) is 3.30. The molecular weight excluding hydrogens is 376 g/mol. The maximum absolute atomic E-state index is 11.7. The van der Waals surface area contributed by atoms with Crippen LogP contribution in [0.2, 0.25) is 0 Å². The monoisotopic (exact) mass is 389 g/mol. The number of aryl methyl sites for hydroxylation is 1. The second-order valence-corrected chi connectivity index (χ2v) is 5.84. The summed E-state index contributed by atoms with van der Waals surface area (Å²) >= 11 is 2.26.